The molecule has 34 heavy (non-hydrogen) atoms. The van der Waals surface area contributed by atoms with Gasteiger partial charge in [-0.25, -0.2) is 0 Å². The lowest BCUT2D eigenvalue weighted by atomic mass is 9.92. The first-order valence-corrected chi connectivity index (χ1v) is 11.9. The van der Waals surface area contributed by atoms with Crippen molar-refractivity contribution in [1.29, 1.82) is 0 Å². The molecule has 3 rings (SSSR count). The van der Waals surface area contributed by atoms with Crippen molar-refractivity contribution in [2.45, 2.75) is 44.9 Å². The van der Waals surface area contributed by atoms with E-state index in [0.29, 0.717) is 13.0 Å². The summed E-state index contributed by atoms with van der Waals surface area (Å²) >= 11 is 0. The van der Waals surface area contributed by atoms with E-state index in [1.807, 2.05) is 47.4 Å². The standard InChI is InChI=1S/C26H37N3O5/c1-20-17-28(18-22-7-4-3-5-8-22)15-16-29(20)26(31)24(25(30)19-34-27-32)10-6-9-21-11-13-23(33-2)14-12-21/h3-5,7-8,11-14,20,24-25,27,30,32H,6,9-10,15-19H2,1-2H3/t20-,24+,25+/m0/s1. The van der Waals surface area contributed by atoms with Crippen molar-refractivity contribution in [3.8, 4) is 5.75 Å². The summed E-state index contributed by atoms with van der Waals surface area (Å²) < 4.78 is 5.20. The van der Waals surface area contributed by atoms with Gasteiger partial charge in [0.15, 0.2) is 0 Å². The van der Waals surface area contributed by atoms with Crippen LogP contribution in [0.4, 0.5) is 0 Å². The molecule has 1 heterocycles. The van der Waals surface area contributed by atoms with Crippen molar-refractivity contribution in [3.05, 3.63) is 65.7 Å². The Morgan fingerprint density at radius 2 is 1.85 bits per heavy atom. The van der Waals surface area contributed by atoms with E-state index in [1.54, 1.807) is 12.8 Å². The molecule has 0 saturated carbocycles. The smallest absolute Gasteiger partial charge is 0.228 e. The molecule has 0 radical (unpaired) electrons. The first kappa shape index (κ1) is 26.1. The third-order valence-corrected chi connectivity index (χ3v) is 6.48. The molecule has 1 aliphatic heterocycles. The normalized spacial score (nSPS) is 18.5. The summed E-state index contributed by atoms with van der Waals surface area (Å²) in [5.74, 6) is 0.145. The number of nitrogens with zero attached hydrogens (tertiary/aromatic N) is 2. The van der Waals surface area contributed by atoms with Crippen LogP contribution in [-0.4, -0.2) is 71.5 Å². The van der Waals surface area contributed by atoms with Gasteiger partial charge in [-0.15, -0.1) is 0 Å². The van der Waals surface area contributed by atoms with Crippen LogP contribution in [0.25, 0.3) is 0 Å². The predicted octanol–water partition coefficient (Wildman–Crippen LogP) is 2.64. The van der Waals surface area contributed by atoms with Crippen LogP contribution in [0.2, 0.25) is 0 Å². The average molecular weight is 472 g/mol. The third kappa shape index (κ3) is 7.51. The van der Waals surface area contributed by atoms with Gasteiger partial charge in [-0.3, -0.25) is 19.7 Å². The number of carbonyl (C=O) groups excluding carboxylic acids is 1. The molecular weight excluding hydrogens is 434 g/mol. The highest BCUT2D eigenvalue weighted by Gasteiger charge is 2.35. The maximum atomic E-state index is 13.5. The summed E-state index contributed by atoms with van der Waals surface area (Å²) in [4.78, 5) is 22.5. The van der Waals surface area contributed by atoms with Crippen LogP contribution in [-0.2, 0) is 22.6 Å². The second-order valence-electron chi connectivity index (χ2n) is 8.92. The first-order chi connectivity index (χ1) is 16.5. The topological polar surface area (TPSA) is 94.5 Å². The molecule has 0 unspecified atom stereocenters. The van der Waals surface area contributed by atoms with Crippen LogP contribution in [0.1, 0.15) is 30.9 Å². The van der Waals surface area contributed by atoms with E-state index in [0.717, 1.165) is 43.8 Å². The fourth-order valence-corrected chi connectivity index (χ4v) is 4.60. The number of piperazine rings is 1. The van der Waals surface area contributed by atoms with Crippen molar-refractivity contribution in [2.75, 3.05) is 33.4 Å². The molecule has 3 N–H and O–H groups in total. The Labute approximate surface area is 202 Å². The van der Waals surface area contributed by atoms with E-state index in [9.17, 15) is 9.90 Å². The lowest BCUT2D eigenvalue weighted by Crippen LogP contribution is -2.56. The van der Waals surface area contributed by atoms with Gasteiger partial charge in [-0.1, -0.05) is 48.1 Å². The van der Waals surface area contributed by atoms with E-state index in [2.05, 4.69) is 24.0 Å². The van der Waals surface area contributed by atoms with Gasteiger partial charge in [0.1, 0.15) is 5.75 Å². The van der Waals surface area contributed by atoms with Gasteiger partial charge in [0.05, 0.1) is 25.7 Å². The zero-order chi connectivity index (χ0) is 24.3. The molecule has 1 saturated heterocycles. The molecule has 1 fully saturated rings. The van der Waals surface area contributed by atoms with Crippen LogP contribution in [0.15, 0.2) is 54.6 Å². The van der Waals surface area contributed by atoms with E-state index < -0.39 is 12.0 Å². The number of aryl methyl sites for hydroxylation is 1. The second-order valence-corrected chi connectivity index (χ2v) is 8.92. The summed E-state index contributed by atoms with van der Waals surface area (Å²) in [6.07, 6.45) is 1.05. The van der Waals surface area contributed by atoms with E-state index >= 15 is 0 Å². The first-order valence-electron chi connectivity index (χ1n) is 11.9. The Hall–Kier alpha value is -2.49. The fourth-order valence-electron chi connectivity index (χ4n) is 4.60. The molecule has 1 amide bonds. The van der Waals surface area contributed by atoms with Crippen LogP contribution in [0.5, 0.6) is 5.75 Å². The highest BCUT2D eigenvalue weighted by atomic mass is 16.8. The SMILES string of the molecule is COc1ccc(CCC[C@@H](C(=O)N2CCN(Cc3ccccc3)C[C@@H]2C)[C@H](O)CONO)cc1. The Balaban J connectivity index is 1.58. The summed E-state index contributed by atoms with van der Waals surface area (Å²) in [5, 5.41) is 19.4. The summed E-state index contributed by atoms with van der Waals surface area (Å²) in [6, 6.07) is 18.2. The molecule has 0 aliphatic carbocycles. The molecule has 2 aromatic carbocycles. The van der Waals surface area contributed by atoms with Crippen molar-refractivity contribution in [3.63, 3.8) is 0 Å². The summed E-state index contributed by atoms with van der Waals surface area (Å²) in [6.45, 7) is 4.93. The Kier molecular flexibility index (Phi) is 10.3. The number of aliphatic hydroxyl groups excluding tert-OH is 1. The maximum Gasteiger partial charge on any atom is 0.228 e. The molecule has 0 aromatic heterocycles. The van der Waals surface area contributed by atoms with Crippen LogP contribution in [0.3, 0.4) is 0 Å². The van der Waals surface area contributed by atoms with Crippen LogP contribution >= 0.6 is 0 Å². The predicted molar refractivity (Wildman–Crippen MR) is 129 cm³/mol. The van der Waals surface area contributed by atoms with E-state index in [1.165, 1.54) is 5.56 Å². The number of benzene rings is 2. The van der Waals surface area contributed by atoms with E-state index in [4.69, 9.17) is 14.8 Å². The van der Waals surface area contributed by atoms with Crippen LogP contribution < -0.4 is 10.4 Å². The molecule has 1 aliphatic rings. The Morgan fingerprint density at radius 3 is 2.50 bits per heavy atom. The lowest BCUT2D eigenvalue weighted by molar-refractivity contribution is -0.164. The minimum Gasteiger partial charge on any atom is -0.497 e. The Bertz CT molecular complexity index is 864. The van der Waals surface area contributed by atoms with Crippen molar-refractivity contribution >= 4 is 5.91 Å². The number of hydrogen-bond donors (Lipinski definition) is 3. The maximum absolute atomic E-state index is 13.5. The number of methoxy groups -OCH3 is 1. The Morgan fingerprint density at radius 1 is 1.12 bits per heavy atom. The third-order valence-electron chi connectivity index (χ3n) is 6.48. The molecular formula is C26H37N3O5. The number of ether oxygens (including phenoxy) is 1. The van der Waals surface area contributed by atoms with Crippen LogP contribution in [0, 0.1) is 5.92 Å². The molecule has 0 spiro atoms. The molecule has 0 bridgehead atoms. The van der Waals surface area contributed by atoms with Crippen molar-refractivity contribution < 1.29 is 24.7 Å². The number of amides is 1. The number of carbonyl (C=O) groups is 1. The average Bonchev–Trinajstić information content (AvgIpc) is 2.86. The summed E-state index contributed by atoms with van der Waals surface area (Å²) in [5.41, 5.74) is 4.01. The van der Waals surface area contributed by atoms with Gasteiger partial charge < -0.3 is 14.7 Å². The molecule has 2 aromatic rings. The van der Waals surface area contributed by atoms with Gasteiger partial charge in [-0.2, -0.15) is 0 Å². The second kappa shape index (κ2) is 13.4. The number of rotatable bonds is 12. The van der Waals surface area contributed by atoms with E-state index in [-0.39, 0.29) is 18.6 Å². The number of hydrogen-bond acceptors (Lipinski definition) is 7. The van der Waals surface area contributed by atoms with Gasteiger partial charge >= 0.3 is 0 Å². The zero-order valence-corrected chi connectivity index (χ0v) is 20.1. The highest BCUT2D eigenvalue weighted by Crippen LogP contribution is 2.22. The van der Waals surface area contributed by atoms with Gasteiger partial charge in [0.25, 0.3) is 0 Å². The number of nitrogens with one attached hydrogen (secondary N) is 1. The lowest BCUT2D eigenvalue weighted by Gasteiger charge is -2.42. The van der Waals surface area contributed by atoms with Gasteiger partial charge in [0, 0.05) is 32.2 Å². The zero-order valence-electron chi connectivity index (χ0n) is 20.1. The highest BCUT2D eigenvalue weighted by molar-refractivity contribution is 5.80. The quantitative estimate of drug-likeness (QED) is 0.410. The number of aliphatic hydroxyl groups is 1. The summed E-state index contributed by atoms with van der Waals surface area (Å²) in [7, 11) is 1.64. The van der Waals surface area contributed by atoms with Gasteiger partial charge in [0.2, 0.25) is 5.91 Å². The fraction of sp³-hybridized carbons (Fsp3) is 0.500. The monoisotopic (exact) mass is 471 g/mol. The molecule has 3 atom stereocenters. The van der Waals surface area contributed by atoms with Crippen molar-refractivity contribution in [1.82, 2.24) is 15.4 Å². The molecule has 8 heteroatoms. The molecule has 186 valence electrons. The minimum absolute atomic E-state index is 0.0399. The van der Waals surface area contributed by atoms with Gasteiger partial charge in [-0.05, 0) is 49.4 Å². The van der Waals surface area contributed by atoms with Crippen molar-refractivity contribution in [2.24, 2.45) is 5.92 Å². The minimum atomic E-state index is -1.02. The largest absolute Gasteiger partial charge is 0.497 e. The molecule has 8 nitrogen and oxygen atoms in total.